The van der Waals surface area contributed by atoms with E-state index in [9.17, 15) is 5.11 Å². The fourth-order valence-corrected chi connectivity index (χ4v) is 0.887. The van der Waals surface area contributed by atoms with Crippen LogP contribution in [-0.2, 0) is 0 Å². The first-order valence-electron chi connectivity index (χ1n) is 3.67. The first-order valence-corrected chi connectivity index (χ1v) is 4.75. The first-order chi connectivity index (χ1) is 5.58. The number of para-hydroxylation sites is 1. The van der Waals surface area contributed by atoms with Crippen LogP contribution in [0.25, 0.3) is 0 Å². The standard InChI is InChI=1S/C9H11IO2/c1-9(10,11)7-12-8-5-3-2-4-6-8/h2-6,11H,7H2,1H3. The minimum Gasteiger partial charge on any atom is -0.490 e. The average Bonchev–Trinajstić information content (AvgIpc) is 2.02. The summed E-state index contributed by atoms with van der Waals surface area (Å²) in [5.74, 6) is 0.787. The molecule has 1 rings (SSSR count). The molecule has 1 atom stereocenters. The van der Waals surface area contributed by atoms with E-state index >= 15 is 0 Å². The number of ether oxygens (including phenoxy) is 1. The molecular weight excluding hydrogens is 267 g/mol. The summed E-state index contributed by atoms with van der Waals surface area (Å²) in [7, 11) is 0. The van der Waals surface area contributed by atoms with Gasteiger partial charge in [0.05, 0.1) is 0 Å². The van der Waals surface area contributed by atoms with Crippen molar-refractivity contribution in [3.05, 3.63) is 30.3 Å². The van der Waals surface area contributed by atoms with E-state index < -0.39 is 3.61 Å². The van der Waals surface area contributed by atoms with Crippen molar-refractivity contribution in [1.82, 2.24) is 0 Å². The van der Waals surface area contributed by atoms with Crippen molar-refractivity contribution in [3.8, 4) is 5.75 Å². The van der Waals surface area contributed by atoms with Crippen molar-refractivity contribution >= 4 is 22.6 Å². The van der Waals surface area contributed by atoms with Crippen LogP contribution < -0.4 is 4.74 Å². The number of alkyl halides is 1. The van der Waals surface area contributed by atoms with Gasteiger partial charge >= 0.3 is 0 Å². The van der Waals surface area contributed by atoms with Gasteiger partial charge < -0.3 is 9.84 Å². The van der Waals surface area contributed by atoms with Crippen LogP contribution in [0.3, 0.4) is 0 Å². The van der Waals surface area contributed by atoms with E-state index in [-0.39, 0.29) is 0 Å². The smallest absolute Gasteiger partial charge is 0.146 e. The molecule has 2 nitrogen and oxygen atoms in total. The molecule has 0 amide bonds. The molecule has 0 saturated carbocycles. The lowest BCUT2D eigenvalue weighted by atomic mass is 10.3. The second-order valence-electron chi connectivity index (χ2n) is 2.74. The fourth-order valence-electron chi connectivity index (χ4n) is 0.732. The topological polar surface area (TPSA) is 29.5 Å². The fraction of sp³-hybridized carbons (Fsp3) is 0.333. The van der Waals surface area contributed by atoms with E-state index in [1.807, 2.05) is 52.9 Å². The molecule has 66 valence electrons. The molecule has 1 unspecified atom stereocenters. The van der Waals surface area contributed by atoms with Crippen LogP contribution in [0.2, 0.25) is 0 Å². The Hall–Kier alpha value is -0.290. The van der Waals surface area contributed by atoms with Crippen molar-refractivity contribution in [2.75, 3.05) is 6.61 Å². The molecule has 0 heterocycles. The van der Waals surface area contributed by atoms with E-state index in [0.717, 1.165) is 5.75 Å². The predicted molar refractivity (Wildman–Crippen MR) is 56.6 cm³/mol. The summed E-state index contributed by atoms with van der Waals surface area (Å²) >= 11 is 1.93. The lowest BCUT2D eigenvalue weighted by molar-refractivity contribution is 0.108. The molecule has 0 aliphatic heterocycles. The van der Waals surface area contributed by atoms with Gasteiger partial charge in [0, 0.05) is 0 Å². The third-order valence-electron chi connectivity index (χ3n) is 1.25. The van der Waals surface area contributed by atoms with Crippen molar-refractivity contribution in [2.45, 2.75) is 10.5 Å². The van der Waals surface area contributed by atoms with E-state index in [2.05, 4.69) is 0 Å². The molecule has 0 aliphatic rings. The largest absolute Gasteiger partial charge is 0.490 e. The lowest BCUT2D eigenvalue weighted by Crippen LogP contribution is -2.23. The molecule has 1 aromatic rings. The molecule has 0 spiro atoms. The summed E-state index contributed by atoms with van der Waals surface area (Å²) in [6.07, 6.45) is 0. The van der Waals surface area contributed by atoms with Gasteiger partial charge in [0.2, 0.25) is 0 Å². The van der Waals surface area contributed by atoms with Gasteiger partial charge in [0.1, 0.15) is 16.0 Å². The second kappa shape index (κ2) is 4.09. The highest BCUT2D eigenvalue weighted by atomic mass is 127. The zero-order chi connectivity index (χ0) is 9.03. The van der Waals surface area contributed by atoms with Gasteiger partial charge in [0.15, 0.2) is 0 Å². The monoisotopic (exact) mass is 278 g/mol. The van der Waals surface area contributed by atoms with Crippen LogP contribution in [0.5, 0.6) is 5.75 Å². The second-order valence-corrected chi connectivity index (χ2v) is 5.07. The van der Waals surface area contributed by atoms with Crippen LogP contribution in [0.4, 0.5) is 0 Å². The summed E-state index contributed by atoms with van der Waals surface area (Å²) in [6.45, 7) is 2.01. The van der Waals surface area contributed by atoms with Gasteiger partial charge in [-0.05, 0) is 41.6 Å². The van der Waals surface area contributed by atoms with Crippen molar-refractivity contribution < 1.29 is 9.84 Å². The lowest BCUT2D eigenvalue weighted by Gasteiger charge is -2.15. The van der Waals surface area contributed by atoms with E-state index in [1.165, 1.54) is 0 Å². The Kier molecular flexibility index (Phi) is 3.34. The number of rotatable bonds is 3. The van der Waals surface area contributed by atoms with Crippen molar-refractivity contribution in [2.24, 2.45) is 0 Å². The van der Waals surface area contributed by atoms with Gasteiger partial charge in [-0.15, -0.1) is 0 Å². The Labute approximate surface area is 85.7 Å². The SMILES string of the molecule is CC(O)(I)COc1ccccc1. The third kappa shape index (κ3) is 3.92. The van der Waals surface area contributed by atoms with E-state index in [1.54, 1.807) is 6.92 Å². The molecule has 0 aliphatic carbocycles. The highest BCUT2D eigenvalue weighted by Crippen LogP contribution is 2.16. The maximum atomic E-state index is 9.34. The Morgan fingerprint density at radius 2 is 2.00 bits per heavy atom. The van der Waals surface area contributed by atoms with Crippen LogP contribution in [0, 0.1) is 0 Å². The molecular formula is C9H11IO2. The van der Waals surface area contributed by atoms with E-state index in [0.29, 0.717) is 6.61 Å². The third-order valence-corrected chi connectivity index (χ3v) is 1.56. The summed E-state index contributed by atoms with van der Waals surface area (Å²) < 4.78 is 4.51. The summed E-state index contributed by atoms with van der Waals surface area (Å²) in [6, 6.07) is 9.45. The molecule has 1 aromatic carbocycles. The summed E-state index contributed by atoms with van der Waals surface area (Å²) in [5, 5.41) is 9.34. The molecule has 0 bridgehead atoms. The highest BCUT2D eigenvalue weighted by molar-refractivity contribution is 14.1. The molecule has 0 saturated heterocycles. The Balaban J connectivity index is 2.44. The number of benzene rings is 1. The van der Waals surface area contributed by atoms with Crippen LogP contribution in [0.15, 0.2) is 30.3 Å². The zero-order valence-corrected chi connectivity index (χ0v) is 8.98. The summed E-state index contributed by atoms with van der Waals surface area (Å²) in [4.78, 5) is 0. The first kappa shape index (κ1) is 9.80. The molecule has 3 heteroatoms. The summed E-state index contributed by atoms with van der Waals surface area (Å²) in [5.41, 5.74) is 0. The minimum absolute atomic E-state index is 0.303. The number of hydrogen-bond acceptors (Lipinski definition) is 2. The Bertz CT molecular complexity index is 228. The number of aliphatic hydroxyl groups is 1. The molecule has 1 N–H and O–H groups in total. The van der Waals surface area contributed by atoms with Crippen LogP contribution in [0.1, 0.15) is 6.92 Å². The number of hydrogen-bond donors (Lipinski definition) is 1. The zero-order valence-electron chi connectivity index (χ0n) is 6.83. The maximum Gasteiger partial charge on any atom is 0.146 e. The van der Waals surface area contributed by atoms with Crippen LogP contribution in [-0.4, -0.2) is 15.3 Å². The van der Waals surface area contributed by atoms with Gasteiger partial charge in [-0.1, -0.05) is 18.2 Å². The van der Waals surface area contributed by atoms with Gasteiger partial charge in [-0.2, -0.15) is 0 Å². The highest BCUT2D eigenvalue weighted by Gasteiger charge is 2.15. The average molecular weight is 278 g/mol. The van der Waals surface area contributed by atoms with Gasteiger partial charge in [0.25, 0.3) is 0 Å². The van der Waals surface area contributed by atoms with Crippen molar-refractivity contribution in [3.63, 3.8) is 0 Å². The predicted octanol–water partition coefficient (Wildman–Crippen LogP) is 2.21. The Morgan fingerprint density at radius 1 is 1.42 bits per heavy atom. The molecule has 0 aromatic heterocycles. The van der Waals surface area contributed by atoms with E-state index in [4.69, 9.17) is 4.74 Å². The quantitative estimate of drug-likeness (QED) is 0.678. The number of halogens is 1. The minimum atomic E-state index is -0.798. The van der Waals surface area contributed by atoms with Gasteiger partial charge in [-0.3, -0.25) is 0 Å². The molecule has 0 fully saturated rings. The van der Waals surface area contributed by atoms with Gasteiger partial charge in [-0.25, -0.2) is 0 Å². The molecule has 12 heavy (non-hydrogen) atoms. The van der Waals surface area contributed by atoms with Crippen molar-refractivity contribution in [1.29, 1.82) is 0 Å². The van der Waals surface area contributed by atoms with Crippen LogP contribution >= 0.6 is 22.6 Å². The maximum absolute atomic E-state index is 9.34. The normalized spacial score (nSPS) is 15.2. The molecule has 0 radical (unpaired) electrons. The Morgan fingerprint density at radius 3 is 2.50 bits per heavy atom.